The van der Waals surface area contributed by atoms with Gasteiger partial charge in [0.2, 0.25) is 29.5 Å². The number of nitrogens with two attached hydrogens (primary N) is 5. The van der Waals surface area contributed by atoms with Crippen LogP contribution in [-0.2, 0) is 28.8 Å². The first kappa shape index (κ1) is 41.3. The van der Waals surface area contributed by atoms with Crippen molar-refractivity contribution < 1.29 is 39.0 Å². The van der Waals surface area contributed by atoms with E-state index in [4.69, 9.17) is 28.7 Å². The van der Waals surface area contributed by atoms with Crippen molar-refractivity contribution in [1.29, 1.82) is 0 Å². The molecule has 0 aromatic heterocycles. The van der Waals surface area contributed by atoms with Crippen LogP contribution in [0.25, 0.3) is 0 Å². The summed E-state index contributed by atoms with van der Waals surface area (Å²) in [5.74, 6) is -5.30. The number of carboxylic acids is 1. The summed E-state index contributed by atoms with van der Waals surface area (Å²) in [5, 5.41) is 29.5. The number of carboxylic acid groups (broad SMARTS) is 1. The lowest BCUT2D eigenvalue weighted by Crippen LogP contribution is -2.59. The molecule has 20 heteroatoms. The van der Waals surface area contributed by atoms with E-state index in [-0.39, 0.29) is 69.6 Å². The molecule has 48 heavy (non-hydrogen) atoms. The Balaban J connectivity index is 3.06. The number of nitrogens with zero attached hydrogens (tertiary/aromatic N) is 3. The van der Waals surface area contributed by atoms with Crippen molar-refractivity contribution in [3.8, 4) is 0 Å². The van der Waals surface area contributed by atoms with Gasteiger partial charge in [0, 0.05) is 19.6 Å². The number of rotatable bonds is 21. The fraction of sp³-hybridized carbons (Fsp3) is 0.714. The molecule has 1 aliphatic heterocycles. The van der Waals surface area contributed by atoms with Crippen LogP contribution in [0.1, 0.15) is 58.8 Å². The van der Waals surface area contributed by atoms with Crippen molar-refractivity contribution in [2.45, 2.75) is 89.0 Å². The molecule has 0 aromatic rings. The van der Waals surface area contributed by atoms with Crippen LogP contribution in [0.5, 0.6) is 0 Å². The van der Waals surface area contributed by atoms with Crippen LogP contribution in [0, 0.1) is 5.92 Å². The largest absolute Gasteiger partial charge is 0.480 e. The predicted molar refractivity (Wildman–Crippen MR) is 176 cm³/mol. The molecule has 272 valence electrons. The highest BCUT2D eigenvalue weighted by Gasteiger charge is 2.36. The third-order valence-corrected chi connectivity index (χ3v) is 7.34. The number of carbonyl (C=O) groups excluding carboxylic acids is 5. The van der Waals surface area contributed by atoms with Crippen LogP contribution < -0.4 is 49.9 Å². The van der Waals surface area contributed by atoms with Gasteiger partial charge in [-0.2, -0.15) is 0 Å². The number of aliphatic imine (C=N–C) groups is 2. The summed E-state index contributed by atoms with van der Waals surface area (Å²) in [7, 11) is 0. The number of aliphatic carboxylic acids is 1. The number of hydrogen-bond acceptors (Lipinski definition) is 10. The normalized spacial score (nSPS) is 16.5. The summed E-state index contributed by atoms with van der Waals surface area (Å²) in [6.45, 7) is 3.02. The highest BCUT2D eigenvalue weighted by atomic mass is 16.4. The number of amides is 5. The molecule has 20 nitrogen and oxygen atoms in total. The molecular weight excluding hydrogens is 632 g/mol. The SMILES string of the molecule is CC(C)CC(NC(=O)C(CO)NC(=O)C(CCCN=C(N)N)NC(=O)C1CCCN1C(=O)CN)C(=O)NC(CCCN=C(N)N)C(=O)O. The average Bonchev–Trinajstić information content (AvgIpc) is 3.51. The summed E-state index contributed by atoms with van der Waals surface area (Å²) < 4.78 is 0. The minimum absolute atomic E-state index is 0.00478. The van der Waals surface area contributed by atoms with Crippen LogP contribution in [0.2, 0.25) is 0 Å². The maximum Gasteiger partial charge on any atom is 0.326 e. The Bertz CT molecular complexity index is 1170. The van der Waals surface area contributed by atoms with Crippen LogP contribution in [0.3, 0.4) is 0 Å². The lowest BCUT2D eigenvalue weighted by molar-refractivity contribution is -0.142. The highest BCUT2D eigenvalue weighted by Crippen LogP contribution is 2.18. The molecule has 0 spiro atoms. The molecule has 5 unspecified atom stereocenters. The fourth-order valence-corrected chi connectivity index (χ4v) is 4.97. The Kier molecular flexibility index (Phi) is 18.3. The Hall–Kier alpha value is -4.72. The van der Waals surface area contributed by atoms with E-state index < -0.39 is 72.3 Å². The fourth-order valence-electron chi connectivity index (χ4n) is 4.97. The lowest BCUT2D eigenvalue weighted by atomic mass is 10.0. The molecular formula is C28H52N12O8. The van der Waals surface area contributed by atoms with Crippen LogP contribution >= 0.6 is 0 Å². The maximum atomic E-state index is 13.4. The smallest absolute Gasteiger partial charge is 0.326 e. The van der Waals surface area contributed by atoms with E-state index in [9.17, 15) is 39.0 Å². The predicted octanol–water partition coefficient (Wildman–Crippen LogP) is -4.89. The second-order valence-corrected chi connectivity index (χ2v) is 11.7. The summed E-state index contributed by atoms with van der Waals surface area (Å²) in [6, 6.07) is -6.12. The molecule has 1 saturated heterocycles. The average molecular weight is 685 g/mol. The first-order valence-electron chi connectivity index (χ1n) is 15.8. The summed E-state index contributed by atoms with van der Waals surface area (Å²) in [4.78, 5) is 85.9. The number of aliphatic hydroxyl groups is 1. The Labute approximate surface area is 279 Å². The van der Waals surface area contributed by atoms with Crippen LogP contribution in [0.4, 0.5) is 0 Å². The zero-order chi connectivity index (χ0) is 36.4. The molecule has 1 heterocycles. The third-order valence-electron chi connectivity index (χ3n) is 7.34. The molecule has 1 fully saturated rings. The molecule has 0 radical (unpaired) electrons. The number of likely N-dealkylation sites (tertiary alicyclic amines) is 1. The summed E-state index contributed by atoms with van der Waals surface area (Å²) in [6.07, 6.45) is 1.56. The van der Waals surface area contributed by atoms with Crippen molar-refractivity contribution in [1.82, 2.24) is 26.2 Å². The quantitative estimate of drug-likeness (QED) is 0.0307. The monoisotopic (exact) mass is 684 g/mol. The van der Waals surface area contributed by atoms with E-state index in [1.165, 1.54) is 4.90 Å². The molecule has 1 rings (SSSR count). The molecule has 16 N–H and O–H groups in total. The van der Waals surface area contributed by atoms with Crippen molar-refractivity contribution in [3.05, 3.63) is 0 Å². The number of guanidine groups is 2. The molecule has 5 atom stereocenters. The van der Waals surface area contributed by atoms with Gasteiger partial charge in [0.25, 0.3) is 0 Å². The van der Waals surface area contributed by atoms with Gasteiger partial charge in [0.05, 0.1) is 13.2 Å². The number of aliphatic hydroxyl groups excluding tert-OH is 1. The van der Waals surface area contributed by atoms with Crippen LogP contribution in [0.15, 0.2) is 9.98 Å². The first-order chi connectivity index (χ1) is 22.6. The Morgan fingerprint density at radius 3 is 1.79 bits per heavy atom. The molecule has 5 amide bonds. The van der Waals surface area contributed by atoms with E-state index in [0.29, 0.717) is 19.4 Å². The molecule has 0 saturated carbocycles. The van der Waals surface area contributed by atoms with E-state index in [2.05, 4.69) is 31.3 Å². The minimum atomic E-state index is -1.55. The maximum absolute atomic E-state index is 13.4. The van der Waals surface area contributed by atoms with Crippen molar-refractivity contribution in [3.63, 3.8) is 0 Å². The van der Waals surface area contributed by atoms with Gasteiger partial charge >= 0.3 is 5.97 Å². The van der Waals surface area contributed by atoms with Crippen LogP contribution in [-0.4, -0.2) is 126 Å². The van der Waals surface area contributed by atoms with Crippen molar-refractivity contribution in [2.75, 3.05) is 32.8 Å². The third kappa shape index (κ3) is 14.8. The van der Waals surface area contributed by atoms with Gasteiger partial charge < -0.3 is 65.0 Å². The van der Waals surface area contributed by atoms with Gasteiger partial charge in [-0.15, -0.1) is 0 Å². The number of nitrogens with one attached hydrogen (secondary N) is 4. The summed E-state index contributed by atoms with van der Waals surface area (Å²) in [5.41, 5.74) is 26.8. The van der Waals surface area contributed by atoms with E-state index >= 15 is 0 Å². The summed E-state index contributed by atoms with van der Waals surface area (Å²) >= 11 is 0. The lowest BCUT2D eigenvalue weighted by Gasteiger charge is -2.28. The van der Waals surface area contributed by atoms with Gasteiger partial charge in [0.1, 0.15) is 30.2 Å². The van der Waals surface area contributed by atoms with Gasteiger partial charge in [-0.05, 0) is 50.9 Å². The van der Waals surface area contributed by atoms with Gasteiger partial charge in [-0.1, -0.05) is 13.8 Å². The minimum Gasteiger partial charge on any atom is -0.480 e. The Morgan fingerprint density at radius 2 is 1.29 bits per heavy atom. The second kappa shape index (κ2) is 21.2. The van der Waals surface area contributed by atoms with Gasteiger partial charge in [0.15, 0.2) is 11.9 Å². The second-order valence-electron chi connectivity index (χ2n) is 11.7. The highest BCUT2D eigenvalue weighted by molar-refractivity contribution is 5.96. The van der Waals surface area contributed by atoms with E-state index in [0.717, 1.165) is 0 Å². The standard InChI is InChI=1S/C28H52N12O8/c1-15(2)12-18(23(44)37-17(26(47)48)7-4-10-35-28(32)33)38-24(45)19(14-41)39-22(43)16(6-3-9-34-27(30)31)36-25(46)20-8-5-11-40(20)21(42)13-29/h15-20,41H,3-14,29H2,1-2H3,(H,36,46)(H,37,44)(H,38,45)(H,39,43)(H,47,48)(H4,30,31,34)(H4,32,33,35). The molecule has 1 aliphatic rings. The van der Waals surface area contributed by atoms with E-state index in [1.54, 1.807) is 13.8 Å². The molecule has 0 aliphatic carbocycles. The Morgan fingerprint density at radius 1 is 0.792 bits per heavy atom. The molecule has 0 aromatic carbocycles. The first-order valence-corrected chi connectivity index (χ1v) is 15.8. The number of hydrogen-bond donors (Lipinski definition) is 11. The molecule has 0 bridgehead atoms. The van der Waals surface area contributed by atoms with Crippen molar-refractivity contribution in [2.24, 2.45) is 44.6 Å². The van der Waals surface area contributed by atoms with Crippen molar-refractivity contribution >= 4 is 47.4 Å². The zero-order valence-corrected chi connectivity index (χ0v) is 27.5. The van der Waals surface area contributed by atoms with Gasteiger partial charge in [-0.25, -0.2) is 4.79 Å². The zero-order valence-electron chi connectivity index (χ0n) is 27.5. The number of carbonyl (C=O) groups is 6. The van der Waals surface area contributed by atoms with Gasteiger partial charge in [-0.3, -0.25) is 34.0 Å². The topological polar surface area (TPSA) is 349 Å². The van der Waals surface area contributed by atoms with E-state index in [1.807, 2.05) is 0 Å².